The molecule has 0 aromatic carbocycles. The molecule has 1 fully saturated rings. The van der Waals surface area contributed by atoms with Crippen molar-refractivity contribution in [1.82, 2.24) is 9.97 Å². The number of hydrogen-bond donors (Lipinski definition) is 1. The number of anilines is 1. The number of aliphatic hydroxyl groups is 1. The van der Waals surface area contributed by atoms with Gasteiger partial charge in [0.15, 0.2) is 0 Å². The Hall–Kier alpha value is -1.16. The zero-order valence-corrected chi connectivity index (χ0v) is 9.93. The summed E-state index contributed by atoms with van der Waals surface area (Å²) in [6.07, 6.45) is 4.68. The van der Waals surface area contributed by atoms with Gasteiger partial charge < -0.3 is 10.0 Å². The van der Waals surface area contributed by atoms with Crippen LogP contribution >= 0.6 is 0 Å². The third kappa shape index (κ3) is 2.50. The zero-order chi connectivity index (χ0) is 11.5. The summed E-state index contributed by atoms with van der Waals surface area (Å²) in [6.45, 7) is 6.61. The van der Waals surface area contributed by atoms with Crippen molar-refractivity contribution in [1.29, 1.82) is 0 Å². The van der Waals surface area contributed by atoms with E-state index >= 15 is 0 Å². The summed E-state index contributed by atoms with van der Waals surface area (Å²) in [5.74, 6) is 2.19. The Morgan fingerprint density at radius 1 is 1.25 bits per heavy atom. The van der Waals surface area contributed by atoms with Crippen LogP contribution in [-0.4, -0.2) is 28.2 Å². The Morgan fingerprint density at radius 3 is 2.31 bits per heavy atom. The van der Waals surface area contributed by atoms with E-state index in [9.17, 15) is 0 Å². The number of aromatic nitrogens is 2. The van der Waals surface area contributed by atoms with E-state index in [-0.39, 0.29) is 6.61 Å². The Balaban J connectivity index is 2.10. The van der Waals surface area contributed by atoms with Crippen LogP contribution in [0.15, 0.2) is 12.4 Å². The topological polar surface area (TPSA) is 49.2 Å². The van der Waals surface area contributed by atoms with Crippen molar-refractivity contribution >= 4 is 5.95 Å². The fourth-order valence-corrected chi connectivity index (χ4v) is 2.42. The first kappa shape index (κ1) is 11.3. The van der Waals surface area contributed by atoms with Crippen molar-refractivity contribution in [3.63, 3.8) is 0 Å². The van der Waals surface area contributed by atoms with E-state index in [0.29, 0.717) is 11.8 Å². The number of nitrogens with zero attached hydrogens (tertiary/aromatic N) is 3. The Morgan fingerprint density at radius 2 is 1.81 bits per heavy atom. The highest BCUT2D eigenvalue weighted by Gasteiger charge is 2.23. The lowest BCUT2D eigenvalue weighted by molar-refractivity contribution is 0.280. The van der Waals surface area contributed by atoms with Crippen LogP contribution in [0.2, 0.25) is 0 Å². The molecule has 2 rings (SSSR count). The minimum Gasteiger partial charge on any atom is -0.392 e. The maximum absolute atomic E-state index is 8.93. The normalized spacial score (nSPS) is 25.8. The van der Waals surface area contributed by atoms with Crippen LogP contribution < -0.4 is 4.90 Å². The quantitative estimate of drug-likeness (QED) is 0.821. The van der Waals surface area contributed by atoms with Gasteiger partial charge in [0.1, 0.15) is 0 Å². The molecule has 0 saturated carbocycles. The van der Waals surface area contributed by atoms with Crippen molar-refractivity contribution in [2.75, 3.05) is 18.0 Å². The highest BCUT2D eigenvalue weighted by atomic mass is 16.3. The minimum atomic E-state index is 0.00703. The molecular formula is C12H19N3O. The molecule has 16 heavy (non-hydrogen) atoms. The summed E-state index contributed by atoms with van der Waals surface area (Å²) in [5.41, 5.74) is 0.766. The second-order valence-electron chi connectivity index (χ2n) is 4.90. The average Bonchev–Trinajstić information content (AvgIpc) is 2.28. The largest absolute Gasteiger partial charge is 0.392 e. The predicted molar refractivity (Wildman–Crippen MR) is 63.1 cm³/mol. The average molecular weight is 221 g/mol. The highest BCUT2D eigenvalue weighted by molar-refractivity contribution is 5.30. The molecule has 2 unspecified atom stereocenters. The van der Waals surface area contributed by atoms with Gasteiger partial charge in [0, 0.05) is 31.0 Å². The molecule has 0 bridgehead atoms. The first-order chi connectivity index (χ1) is 7.69. The van der Waals surface area contributed by atoms with Crippen LogP contribution in [0.3, 0.4) is 0 Å². The zero-order valence-electron chi connectivity index (χ0n) is 9.93. The molecule has 2 atom stereocenters. The van der Waals surface area contributed by atoms with Crippen molar-refractivity contribution < 1.29 is 5.11 Å². The van der Waals surface area contributed by atoms with Crippen molar-refractivity contribution in [2.45, 2.75) is 26.9 Å². The molecule has 4 heteroatoms. The van der Waals surface area contributed by atoms with E-state index in [4.69, 9.17) is 5.11 Å². The van der Waals surface area contributed by atoms with Crippen LogP contribution in [0.5, 0.6) is 0 Å². The summed E-state index contributed by atoms with van der Waals surface area (Å²) in [4.78, 5) is 10.8. The summed E-state index contributed by atoms with van der Waals surface area (Å²) < 4.78 is 0. The van der Waals surface area contributed by atoms with Crippen LogP contribution in [0.1, 0.15) is 25.8 Å². The van der Waals surface area contributed by atoms with Gasteiger partial charge in [-0.05, 0) is 18.3 Å². The number of aliphatic hydroxyl groups excluding tert-OH is 1. The van der Waals surface area contributed by atoms with Crippen LogP contribution in [0.4, 0.5) is 5.95 Å². The lowest BCUT2D eigenvalue weighted by Crippen LogP contribution is -2.39. The van der Waals surface area contributed by atoms with Gasteiger partial charge in [-0.3, -0.25) is 0 Å². The van der Waals surface area contributed by atoms with Gasteiger partial charge in [-0.1, -0.05) is 13.8 Å². The van der Waals surface area contributed by atoms with E-state index < -0.39 is 0 Å². The third-order valence-electron chi connectivity index (χ3n) is 3.03. The molecule has 88 valence electrons. The standard InChI is InChI=1S/C12H19N3O/c1-9-3-10(2)7-15(6-9)12-13-4-11(8-16)5-14-12/h4-5,9-10,16H,3,6-8H2,1-2H3. The van der Waals surface area contributed by atoms with E-state index in [1.807, 2.05) is 0 Å². The Labute approximate surface area is 96.3 Å². The minimum absolute atomic E-state index is 0.00703. The van der Waals surface area contributed by atoms with Gasteiger partial charge in [-0.2, -0.15) is 0 Å². The summed E-state index contributed by atoms with van der Waals surface area (Å²) in [6, 6.07) is 0. The second kappa shape index (κ2) is 4.78. The maximum atomic E-state index is 8.93. The highest BCUT2D eigenvalue weighted by Crippen LogP contribution is 2.23. The number of piperidine rings is 1. The Kier molecular flexibility index (Phi) is 3.39. The molecule has 2 heterocycles. The molecule has 1 aliphatic rings. The number of rotatable bonds is 2. The monoisotopic (exact) mass is 221 g/mol. The Bertz CT molecular complexity index is 329. The molecule has 1 saturated heterocycles. The SMILES string of the molecule is CC1CC(C)CN(c2ncc(CO)cn2)C1. The van der Waals surface area contributed by atoms with Crippen LogP contribution in [0.25, 0.3) is 0 Å². The molecule has 1 aromatic rings. The van der Waals surface area contributed by atoms with Crippen LogP contribution in [-0.2, 0) is 6.61 Å². The summed E-state index contributed by atoms with van der Waals surface area (Å²) in [7, 11) is 0. The van der Waals surface area contributed by atoms with Crippen molar-refractivity contribution in [3.05, 3.63) is 18.0 Å². The second-order valence-corrected chi connectivity index (χ2v) is 4.90. The molecule has 0 spiro atoms. The first-order valence-corrected chi connectivity index (χ1v) is 5.85. The van der Waals surface area contributed by atoms with Gasteiger partial charge >= 0.3 is 0 Å². The molecule has 1 N–H and O–H groups in total. The summed E-state index contributed by atoms with van der Waals surface area (Å²) in [5, 5.41) is 8.93. The predicted octanol–water partition coefficient (Wildman–Crippen LogP) is 1.45. The van der Waals surface area contributed by atoms with E-state index in [2.05, 4.69) is 28.7 Å². The van der Waals surface area contributed by atoms with Gasteiger partial charge in [-0.25, -0.2) is 9.97 Å². The summed E-state index contributed by atoms with van der Waals surface area (Å²) >= 11 is 0. The smallest absolute Gasteiger partial charge is 0.225 e. The molecule has 0 radical (unpaired) electrons. The van der Waals surface area contributed by atoms with Gasteiger partial charge in [0.2, 0.25) is 5.95 Å². The molecule has 1 aliphatic heterocycles. The van der Waals surface area contributed by atoms with Gasteiger partial charge in [0.05, 0.1) is 6.61 Å². The van der Waals surface area contributed by atoms with Gasteiger partial charge in [0.25, 0.3) is 0 Å². The lowest BCUT2D eigenvalue weighted by Gasteiger charge is -2.34. The van der Waals surface area contributed by atoms with E-state index in [0.717, 1.165) is 24.6 Å². The fourth-order valence-electron chi connectivity index (χ4n) is 2.42. The van der Waals surface area contributed by atoms with E-state index in [1.54, 1.807) is 12.4 Å². The molecule has 1 aromatic heterocycles. The molecule has 4 nitrogen and oxygen atoms in total. The third-order valence-corrected chi connectivity index (χ3v) is 3.03. The molecule has 0 aliphatic carbocycles. The van der Waals surface area contributed by atoms with Crippen molar-refractivity contribution in [2.24, 2.45) is 11.8 Å². The molecular weight excluding hydrogens is 202 g/mol. The maximum Gasteiger partial charge on any atom is 0.225 e. The van der Waals surface area contributed by atoms with E-state index in [1.165, 1.54) is 6.42 Å². The fraction of sp³-hybridized carbons (Fsp3) is 0.667. The first-order valence-electron chi connectivity index (χ1n) is 5.85. The number of hydrogen-bond acceptors (Lipinski definition) is 4. The van der Waals surface area contributed by atoms with Crippen molar-refractivity contribution in [3.8, 4) is 0 Å². The van der Waals surface area contributed by atoms with Crippen LogP contribution in [0, 0.1) is 11.8 Å². The lowest BCUT2D eigenvalue weighted by atomic mass is 9.92. The van der Waals surface area contributed by atoms with Gasteiger partial charge in [-0.15, -0.1) is 0 Å². The molecule has 0 amide bonds.